The molecule has 2 fully saturated rings. The van der Waals surface area contributed by atoms with Crippen molar-refractivity contribution in [2.75, 3.05) is 0 Å². The summed E-state index contributed by atoms with van der Waals surface area (Å²) in [6.07, 6.45) is -0.345. The van der Waals surface area contributed by atoms with Crippen LogP contribution in [0.3, 0.4) is 0 Å². The fourth-order valence-corrected chi connectivity index (χ4v) is 5.04. The maximum Gasteiger partial charge on any atom is 0.340 e. The Kier molecular flexibility index (Phi) is 5.15. The Balaban J connectivity index is 2.12. The molecule has 0 amide bonds. The van der Waals surface area contributed by atoms with Crippen LogP contribution in [-0.4, -0.2) is 56.2 Å². The zero-order chi connectivity index (χ0) is 21.2. The molecular formula is C20H29ClO7. The van der Waals surface area contributed by atoms with Crippen LogP contribution in [0.5, 0.6) is 0 Å². The van der Waals surface area contributed by atoms with Crippen LogP contribution in [0.4, 0.5) is 0 Å². The highest BCUT2D eigenvalue weighted by atomic mass is 35.5. The standard InChI is InChI=1S/C20H29ClO7/c1-9-14-15(27-17(24)19(5,25)11(3)21)18(4)10(2)13(22)7-6-12(18)8-20(14,26)28-16(9)23/h10-13,15,22,25-26H,6-8H2,1-5H3. The van der Waals surface area contributed by atoms with E-state index in [0.29, 0.717) is 12.8 Å². The van der Waals surface area contributed by atoms with Gasteiger partial charge in [0.05, 0.1) is 17.1 Å². The summed E-state index contributed by atoms with van der Waals surface area (Å²) in [6, 6.07) is 0. The van der Waals surface area contributed by atoms with E-state index < -0.39 is 46.3 Å². The van der Waals surface area contributed by atoms with Gasteiger partial charge in [-0.2, -0.15) is 0 Å². The van der Waals surface area contributed by atoms with Gasteiger partial charge in [-0.15, -0.1) is 11.6 Å². The number of halogens is 1. The third-order valence-electron chi connectivity index (χ3n) is 7.40. The summed E-state index contributed by atoms with van der Waals surface area (Å²) in [4.78, 5) is 25.0. The van der Waals surface area contributed by atoms with E-state index in [0.717, 1.165) is 0 Å². The summed E-state index contributed by atoms with van der Waals surface area (Å²) in [5, 5.41) is 31.2. The van der Waals surface area contributed by atoms with Crippen molar-refractivity contribution in [3.05, 3.63) is 11.1 Å². The lowest BCUT2D eigenvalue weighted by Crippen LogP contribution is -2.62. The normalized spacial score (nSPS) is 43.5. The molecule has 0 aromatic rings. The fraction of sp³-hybridized carbons (Fsp3) is 0.800. The van der Waals surface area contributed by atoms with E-state index in [1.54, 1.807) is 0 Å². The highest BCUT2D eigenvalue weighted by Gasteiger charge is 2.65. The summed E-state index contributed by atoms with van der Waals surface area (Å²) in [7, 11) is 0. The van der Waals surface area contributed by atoms with Crippen LogP contribution in [0.15, 0.2) is 11.1 Å². The SMILES string of the molecule is CC1=C2C(OC(=O)C(C)(O)C(C)Cl)C3(C)C(CCC(O)C3C)CC2(O)OC1=O. The van der Waals surface area contributed by atoms with E-state index in [1.807, 2.05) is 13.8 Å². The maximum absolute atomic E-state index is 12.8. The summed E-state index contributed by atoms with van der Waals surface area (Å²) >= 11 is 5.97. The number of esters is 2. The van der Waals surface area contributed by atoms with Crippen LogP contribution < -0.4 is 0 Å². The first-order valence-corrected chi connectivity index (χ1v) is 10.1. The lowest BCUT2D eigenvalue weighted by Gasteiger charge is -2.57. The van der Waals surface area contributed by atoms with E-state index >= 15 is 0 Å². The summed E-state index contributed by atoms with van der Waals surface area (Å²) < 4.78 is 11.0. The van der Waals surface area contributed by atoms with Gasteiger partial charge in [-0.05, 0) is 45.4 Å². The van der Waals surface area contributed by atoms with Crippen LogP contribution in [0, 0.1) is 17.3 Å². The molecule has 3 N–H and O–H groups in total. The largest absolute Gasteiger partial charge is 0.455 e. The van der Waals surface area contributed by atoms with Crippen molar-refractivity contribution in [1.29, 1.82) is 0 Å². The highest BCUT2D eigenvalue weighted by Crippen LogP contribution is 2.60. The first-order chi connectivity index (χ1) is 12.8. The van der Waals surface area contributed by atoms with Crippen molar-refractivity contribution in [2.45, 2.75) is 82.9 Å². The Morgan fingerprint density at radius 1 is 1.43 bits per heavy atom. The van der Waals surface area contributed by atoms with Crippen LogP contribution in [0.2, 0.25) is 0 Å². The minimum absolute atomic E-state index is 0.158. The second-order valence-corrected chi connectivity index (χ2v) is 9.62. The second kappa shape index (κ2) is 6.69. The third-order valence-corrected chi connectivity index (χ3v) is 7.83. The van der Waals surface area contributed by atoms with Gasteiger partial charge >= 0.3 is 11.9 Å². The first kappa shape index (κ1) is 21.6. The van der Waals surface area contributed by atoms with Crippen molar-refractivity contribution in [2.24, 2.45) is 17.3 Å². The quantitative estimate of drug-likeness (QED) is 0.473. The molecule has 0 bridgehead atoms. The van der Waals surface area contributed by atoms with Gasteiger partial charge in [0.15, 0.2) is 5.60 Å². The minimum atomic E-state index is -1.96. The minimum Gasteiger partial charge on any atom is -0.455 e. The maximum atomic E-state index is 12.8. The number of alkyl halides is 1. The van der Waals surface area contributed by atoms with Gasteiger partial charge < -0.3 is 24.8 Å². The fourth-order valence-electron chi connectivity index (χ4n) is 4.95. The second-order valence-electron chi connectivity index (χ2n) is 8.96. The third kappa shape index (κ3) is 2.90. The van der Waals surface area contributed by atoms with Gasteiger partial charge in [0.2, 0.25) is 5.79 Å². The first-order valence-electron chi connectivity index (χ1n) is 9.69. The topological polar surface area (TPSA) is 113 Å². The molecule has 0 radical (unpaired) electrons. The summed E-state index contributed by atoms with van der Waals surface area (Å²) in [5.74, 6) is -3.89. The molecule has 8 atom stereocenters. The average Bonchev–Trinajstić information content (AvgIpc) is 2.82. The molecule has 158 valence electrons. The zero-order valence-electron chi connectivity index (χ0n) is 16.9. The molecule has 0 spiro atoms. The van der Waals surface area contributed by atoms with Crippen LogP contribution in [-0.2, 0) is 19.1 Å². The molecular weight excluding hydrogens is 388 g/mol. The molecule has 0 aromatic heterocycles. The number of carbonyl (C=O) groups excluding carboxylic acids is 2. The van der Waals surface area contributed by atoms with E-state index in [1.165, 1.54) is 20.8 Å². The van der Waals surface area contributed by atoms with Gasteiger partial charge in [0, 0.05) is 17.4 Å². The van der Waals surface area contributed by atoms with Crippen molar-refractivity contribution >= 4 is 23.5 Å². The molecule has 8 unspecified atom stereocenters. The molecule has 1 heterocycles. The predicted molar refractivity (Wildman–Crippen MR) is 100 cm³/mol. The van der Waals surface area contributed by atoms with E-state index in [4.69, 9.17) is 21.1 Å². The number of aliphatic hydroxyl groups is 3. The molecule has 3 aliphatic rings. The molecule has 0 saturated heterocycles. The van der Waals surface area contributed by atoms with E-state index in [-0.39, 0.29) is 29.4 Å². The van der Waals surface area contributed by atoms with Gasteiger partial charge in [-0.1, -0.05) is 13.8 Å². The van der Waals surface area contributed by atoms with Crippen molar-refractivity contribution in [3.8, 4) is 0 Å². The monoisotopic (exact) mass is 416 g/mol. The Morgan fingerprint density at radius 2 is 2.04 bits per heavy atom. The lowest BCUT2D eigenvalue weighted by molar-refractivity contribution is -0.237. The lowest BCUT2D eigenvalue weighted by atomic mass is 9.51. The van der Waals surface area contributed by atoms with Gasteiger partial charge in [-0.25, -0.2) is 9.59 Å². The number of hydrogen-bond acceptors (Lipinski definition) is 7. The molecule has 28 heavy (non-hydrogen) atoms. The molecule has 2 saturated carbocycles. The van der Waals surface area contributed by atoms with E-state index in [2.05, 4.69) is 0 Å². The number of carbonyl (C=O) groups is 2. The number of hydrogen-bond donors (Lipinski definition) is 3. The molecule has 1 aliphatic heterocycles. The highest BCUT2D eigenvalue weighted by molar-refractivity contribution is 6.22. The van der Waals surface area contributed by atoms with Gasteiger partial charge in [-0.3, -0.25) is 0 Å². The Bertz CT molecular complexity index is 730. The smallest absolute Gasteiger partial charge is 0.340 e. The Morgan fingerprint density at radius 3 is 2.61 bits per heavy atom. The zero-order valence-corrected chi connectivity index (χ0v) is 17.6. The average molecular weight is 417 g/mol. The number of aliphatic hydroxyl groups excluding tert-OH is 1. The van der Waals surface area contributed by atoms with Crippen molar-refractivity contribution in [3.63, 3.8) is 0 Å². The molecule has 2 aliphatic carbocycles. The summed E-state index contributed by atoms with van der Waals surface area (Å²) in [5.41, 5.74) is -2.33. The van der Waals surface area contributed by atoms with E-state index in [9.17, 15) is 24.9 Å². The molecule has 3 rings (SSSR count). The van der Waals surface area contributed by atoms with Gasteiger partial charge in [0.25, 0.3) is 0 Å². The Labute approximate surface area is 169 Å². The molecule has 8 heteroatoms. The Hall–Kier alpha value is -1.15. The molecule has 7 nitrogen and oxygen atoms in total. The van der Waals surface area contributed by atoms with Gasteiger partial charge in [0.1, 0.15) is 6.10 Å². The van der Waals surface area contributed by atoms with Crippen LogP contribution in [0.25, 0.3) is 0 Å². The number of fused-ring (bicyclic) bond motifs is 2. The summed E-state index contributed by atoms with van der Waals surface area (Å²) in [6.45, 7) is 8.03. The number of rotatable bonds is 3. The van der Waals surface area contributed by atoms with Crippen molar-refractivity contribution < 1.29 is 34.4 Å². The van der Waals surface area contributed by atoms with Crippen molar-refractivity contribution in [1.82, 2.24) is 0 Å². The molecule has 0 aromatic carbocycles. The predicted octanol–water partition coefficient (Wildman–Crippen LogP) is 1.66. The van der Waals surface area contributed by atoms with Crippen LogP contribution in [0.1, 0.15) is 53.9 Å². The number of ether oxygens (including phenoxy) is 2. The van der Waals surface area contributed by atoms with Crippen LogP contribution >= 0.6 is 11.6 Å².